The van der Waals surface area contributed by atoms with Crippen LogP contribution in [-0.4, -0.2) is 31.4 Å². The summed E-state index contributed by atoms with van der Waals surface area (Å²) in [6, 6.07) is 9.68. The van der Waals surface area contributed by atoms with Crippen molar-refractivity contribution < 1.29 is 9.59 Å². The Balaban J connectivity index is 1.60. The van der Waals surface area contributed by atoms with E-state index >= 15 is 0 Å². The van der Waals surface area contributed by atoms with Gasteiger partial charge in [-0.15, -0.1) is 0 Å². The van der Waals surface area contributed by atoms with Gasteiger partial charge in [-0.05, 0) is 24.6 Å². The Hall–Kier alpha value is -1.88. The van der Waals surface area contributed by atoms with E-state index in [2.05, 4.69) is 16.0 Å². The van der Waals surface area contributed by atoms with Crippen LogP contribution in [0.25, 0.3) is 0 Å². The summed E-state index contributed by atoms with van der Waals surface area (Å²) in [5, 5.41) is 8.52. The molecule has 0 aromatic heterocycles. The van der Waals surface area contributed by atoms with Crippen LogP contribution in [0.15, 0.2) is 30.3 Å². The van der Waals surface area contributed by atoms with E-state index in [1.807, 2.05) is 30.3 Å². The first-order valence-corrected chi connectivity index (χ1v) is 6.52. The molecule has 0 aliphatic carbocycles. The van der Waals surface area contributed by atoms with Crippen molar-refractivity contribution in [1.82, 2.24) is 16.0 Å². The van der Waals surface area contributed by atoms with Crippen LogP contribution in [0.4, 0.5) is 0 Å². The lowest BCUT2D eigenvalue weighted by Crippen LogP contribution is -2.45. The van der Waals surface area contributed by atoms with Gasteiger partial charge in [0, 0.05) is 13.0 Å². The van der Waals surface area contributed by atoms with E-state index in [0.717, 1.165) is 18.7 Å². The Labute approximate surface area is 112 Å². The Morgan fingerprint density at radius 2 is 1.84 bits per heavy atom. The van der Waals surface area contributed by atoms with Gasteiger partial charge in [0.1, 0.15) is 0 Å². The zero-order chi connectivity index (χ0) is 13.5. The number of carbonyl (C=O) groups excluding carboxylic acids is 2. The van der Waals surface area contributed by atoms with Crippen LogP contribution in [0.5, 0.6) is 0 Å². The van der Waals surface area contributed by atoms with E-state index in [1.54, 1.807) is 0 Å². The van der Waals surface area contributed by atoms with Crippen molar-refractivity contribution >= 4 is 11.8 Å². The fourth-order valence-corrected chi connectivity index (χ4v) is 1.87. The van der Waals surface area contributed by atoms with Crippen LogP contribution in [0.1, 0.15) is 12.0 Å². The van der Waals surface area contributed by atoms with Crippen molar-refractivity contribution in [2.24, 2.45) is 5.92 Å². The second-order valence-electron chi connectivity index (χ2n) is 4.77. The monoisotopic (exact) mass is 261 g/mol. The minimum Gasteiger partial charge on any atom is -0.350 e. The van der Waals surface area contributed by atoms with E-state index < -0.39 is 0 Å². The first-order valence-electron chi connectivity index (χ1n) is 6.52. The van der Waals surface area contributed by atoms with Crippen LogP contribution in [0, 0.1) is 5.92 Å². The summed E-state index contributed by atoms with van der Waals surface area (Å²) >= 11 is 0. The second-order valence-corrected chi connectivity index (χ2v) is 4.77. The summed E-state index contributed by atoms with van der Waals surface area (Å²) in [7, 11) is 0. The van der Waals surface area contributed by atoms with Gasteiger partial charge in [-0.1, -0.05) is 30.3 Å². The van der Waals surface area contributed by atoms with Gasteiger partial charge in [0.2, 0.25) is 11.8 Å². The number of rotatable bonds is 6. The van der Waals surface area contributed by atoms with E-state index in [4.69, 9.17) is 0 Å². The maximum Gasteiger partial charge on any atom is 0.239 e. The van der Waals surface area contributed by atoms with Crippen molar-refractivity contribution in [3.8, 4) is 0 Å². The molecule has 5 heteroatoms. The molecule has 2 rings (SSSR count). The molecule has 1 aromatic rings. The van der Waals surface area contributed by atoms with Crippen LogP contribution in [0.2, 0.25) is 0 Å². The molecule has 0 bridgehead atoms. The average Bonchev–Trinajstić information content (AvgIpc) is 2.39. The molecule has 0 saturated carbocycles. The van der Waals surface area contributed by atoms with Crippen molar-refractivity contribution in [2.45, 2.75) is 13.0 Å². The molecule has 19 heavy (non-hydrogen) atoms. The molecule has 1 saturated heterocycles. The van der Waals surface area contributed by atoms with Gasteiger partial charge < -0.3 is 16.0 Å². The molecule has 0 unspecified atom stereocenters. The van der Waals surface area contributed by atoms with E-state index in [0.29, 0.717) is 18.9 Å². The average molecular weight is 261 g/mol. The predicted molar refractivity (Wildman–Crippen MR) is 72.3 cm³/mol. The van der Waals surface area contributed by atoms with E-state index in [9.17, 15) is 9.59 Å². The molecule has 1 aliphatic rings. The normalized spacial score (nSPS) is 14.5. The highest BCUT2D eigenvalue weighted by Crippen LogP contribution is 2.07. The number of hydrogen-bond donors (Lipinski definition) is 3. The van der Waals surface area contributed by atoms with Crippen molar-refractivity contribution in [2.75, 3.05) is 19.6 Å². The van der Waals surface area contributed by atoms with Crippen molar-refractivity contribution in [1.29, 1.82) is 0 Å². The topological polar surface area (TPSA) is 70.2 Å². The lowest BCUT2D eigenvalue weighted by Gasteiger charge is -2.26. The third-order valence-electron chi connectivity index (χ3n) is 3.12. The quantitative estimate of drug-likeness (QED) is 0.676. The number of nitrogens with one attached hydrogen (secondary N) is 3. The van der Waals surface area contributed by atoms with Crippen molar-refractivity contribution in [3.63, 3.8) is 0 Å². The molecule has 3 N–H and O–H groups in total. The zero-order valence-corrected chi connectivity index (χ0v) is 10.8. The van der Waals surface area contributed by atoms with Gasteiger partial charge in [0.25, 0.3) is 0 Å². The molecule has 2 amide bonds. The molecular formula is C14H19N3O2. The molecule has 1 heterocycles. The van der Waals surface area contributed by atoms with E-state index in [-0.39, 0.29) is 18.4 Å². The van der Waals surface area contributed by atoms with Crippen molar-refractivity contribution in [3.05, 3.63) is 35.9 Å². The number of hydrogen-bond acceptors (Lipinski definition) is 3. The van der Waals surface area contributed by atoms with Crippen LogP contribution in [0.3, 0.4) is 0 Å². The Kier molecular flexibility index (Phi) is 4.92. The third-order valence-corrected chi connectivity index (χ3v) is 3.12. The molecular weight excluding hydrogens is 242 g/mol. The van der Waals surface area contributed by atoms with Crippen LogP contribution in [-0.2, 0) is 16.1 Å². The summed E-state index contributed by atoms with van der Waals surface area (Å²) in [6.07, 6.45) is 0.499. The van der Waals surface area contributed by atoms with Crippen LogP contribution < -0.4 is 16.0 Å². The summed E-state index contributed by atoms with van der Waals surface area (Å²) in [5.74, 6) is 0.206. The molecule has 1 fully saturated rings. The minimum absolute atomic E-state index is 0.0474. The largest absolute Gasteiger partial charge is 0.350 e. The van der Waals surface area contributed by atoms with Gasteiger partial charge in [-0.25, -0.2) is 0 Å². The van der Waals surface area contributed by atoms with Gasteiger partial charge >= 0.3 is 0 Å². The van der Waals surface area contributed by atoms with Gasteiger partial charge in [0.05, 0.1) is 6.54 Å². The first kappa shape index (κ1) is 13.5. The Morgan fingerprint density at radius 3 is 2.47 bits per heavy atom. The molecule has 0 spiro atoms. The zero-order valence-electron chi connectivity index (χ0n) is 10.8. The maximum atomic E-state index is 11.6. The fraction of sp³-hybridized carbons (Fsp3) is 0.429. The SMILES string of the molecule is O=C(CNC(=O)CC1CNC1)NCc1ccccc1. The summed E-state index contributed by atoms with van der Waals surface area (Å²) < 4.78 is 0. The van der Waals surface area contributed by atoms with Crippen LogP contribution >= 0.6 is 0 Å². The first-order chi connectivity index (χ1) is 9.24. The Morgan fingerprint density at radius 1 is 1.11 bits per heavy atom. The molecule has 102 valence electrons. The standard InChI is InChI=1S/C14H19N3O2/c18-13(6-12-7-15-8-12)17-10-14(19)16-9-11-4-2-1-3-5-11/h1-5,12,15H,6-10H2,(H,16,19)(H,17,18). The second kappa shape index (κ2) is 6.89. The number of carbonyl (C=O) groups is 2. The number of amides is 2. The van der Waals surface area contributed by atoms with Gasteiger partial charge in [0.15, 0.2) is 0 Å². The molecule has 5 nitrogen and oxygen atoms in total. The van der Waals surface area contributed by atoms with Gasteiger partial charge in [-0.2, -0.15) is 0 Å². The summed E-state index contributed by atoms with van der Waals surface area (Å²) in [4.78, 5) is 23.1. The lowest BCUT2D eigenvalue weighted by molar-refractivity contribution is -0.126. The molecule has 1 aliphatic heterocycles. The van der Waals surface area contributed by atoms with Gasteiger partial charge in [-0.3, -0.25) is 9.59 Å². The predicted octanol–water partition coefficient (Wildman–Crippen LogP) is 0.0285. The number of benzene rings is 1. The lowest BCUT2D eigenvalue weighted by atomic mass is 9.99. The highest BCUT2D eigenvalue weighted by atomic mass is 16.2. The van der Waals surface area contributed by atoms with E-state index in [1.165, 1.54) is 0 Å². The Bertz CT molecular complexity index is 430. The molecule has 0 atom stereocenters. The smallest absolute Gasteiger partial charge is 0.239 e. The minimum atomic E-state index is -0.163. The summed E-state index contributed by atoms with van der Waals surface area (Å²) in [6.45, 7) is 2.33. The maximum absolute atomic E-state index is 11.6. The molecule has 0 radical (unpaired) electrons. The highest BCUT2D eigenvalue weighted by molar-refractivity contribution is 5.84. The fourth-order valence-electron chi connectivity index (χ4n) is 1.87. The highest BCUT2D eigenvalue weighted by Gasteiger charge is 2.20. The molecule has 1 aromatic carbocycles. The summed E-state index contributed by atoms with van der Waals surface area (Å²) in [5.41, 5.74) is 1.04. The third kappa shape index (κ3) is 4.71.